The number of thiophene rings is 1. The van der Waals surface area contributed by atoms with Gasteiger partial charge in [-0.2, -0.15) is 0 Å². The van der Waals surface area contributed by atoms with Crippen LogP contribution in [0.5, 0.6) is 0 Å². The normalized spacial score (nSPS) is 10.7. The molecule has 0 aliphatic heterocycles. The molecule has 0 fully saturated rings. The minimum atomic E-state index is -0.340. The van der Waals surface area contributed by atoms with E-state index in [1.807, 2.05) is 6.07 Å². The van der Waals surface area contributed by atoms with Crippen LogP contribution >= 0.6 is 45.6 Å². The average Bonchev–Trinajstić information content (AvgIpc) is 3.28. The Labute approximate surface area is 166 Å². The van der Waals surface area contributed by atoms with Gasteiger partial charge in [-0.1, -0.05) is 11.6 Å². The Morgan fingerprint density at radius 3 is 2.77 bits per heavy atom. The van der Waals surface area contributed by atoms with Crippen molar-refractivity contribution in [2.24, 2.45) is 0 Å². The van der Waals surface area contributed by atoms with Gasteiger partial charge in [-0.3, -0.25) is 14.9 Å². The number of amides is 1. The molecule has 0 aliphatic rings. The Morgan fingerprint density at radius 1 is 1.27 bits per heavy atom. The summed E-state index contributed by atoms with van der Waals surface area (Å²) in [5.41, 5.74) is 1.22. The quantitative estimate of drug-likeness (QED) is 0.579. The minimum Gasteiger partial charge on any atom is -0.466 e. The van der Waals surface area contributed by atoms with Gasteiger partial charge in [0.2, 0.25) is 0 Å². The fourth-order valence-electron chi connectivity index (χ4n) is 2.10. The monoisotopic (exact) mass is 427 g/mol. The molecule has 1 amide bonds. The summed E-state index contributed by atoms with van der Waals surface area (Å²) < 4.78 is 5.57. The van der Waals surface area contributed by atoms with Crippen LogP contribution in [0.25, 0.3) is 9.88 Å². The van der Waals surface area contributed by atoms with Crippen molar-refractivity contribution in [2.45, 2.75) is 20.3 Å². The van der Waals surface area contributed by atoms with Crippen LogP contribution in [-0.4, -0.2) is 28.5 Å². The summed E-state index contributed by atoms with van der Waals surface area (Å²) in [6.07, 6.45) is 0.0864. The molecular weight excluding hydrogens is 414 g/mol. The number of halogens is 1. The average molecular weight is 428 g/mol. The first-order chi connectivity index (χ1) is 12.5. The summed E-state index contributed by atoms with van der Waals surface area (Å²) in [4.78, 5) is 34.2. The molecule has 0 spiro atoms. The molecule has 0 aliphatic carbocycles. The first-order valence-electron chi connectivity index (χ1n) is 7.60. The summed E-state index contributed by atoms with van der Waals surface area (Å²) in [5.74, 6) is -0.612. The lowest BCUT2D eigenvalue weighted by atomic mass is 10.3. The molecule has 3 aromatic heterocycles. The molecule has 0 unspecified atom stereocenters. The minimum absolute atomic E-state index is 0.0864. The Morgan fingerprint density at radius 2 is 2.08 bits per heavy atom. The van der Waals surface area contributed by atoms with Crippen LogP contribution < -0.4 is 5.32 Å². The highest BCUT2D eigenvalue weighted by Crippen LogP contribution is 2.35. The second-order valence-electron chi connectivity index (χ2n) is 5.12. The maximum absolute atomic E-state index is 12.5. The van der Waals surface area contributed by atoms with Gasteiger partial charge < -0.3 is 4.74 Å². The number of rotatable bonds is 6. The van der Waals surface area contributed by atoms with Gasteiger partial charge >= 0.3 is 5.97 Å². The lowest BCUT2D eigenvalue weighted by Gasteiger charge is -2.00. The fourth-order valence-corrected chi connectivity index (χ4v) is 4.87. The molecule has 3 rings (SSSR count). The number of aromatic nitrogens is 2. The third-order valence-electron chi connectivity index (χ3n) is 3.19. The van der Waals surface area contributed by atoms with Crippen molar-refractivity contribution in [3.63, 3.8) is 0 Å². The van der Waals surface area contributed by atoms with Crippen molar-refractivity contribution in [1.82, 2.24) is 9.97 Å². The van der Waals surface area contributed by atoms with E-state index in [0.29, 0.717) is 32.3 Å². The number of nitrogens with one attached hydrogen (secondary N) is 1. The summed E-state index contributed by atoms with van der Waals surface area (Å²) in [6.45, 7) is 3.87. The van der Waals surface area contributed by atoms with Crippen molar-refractivity contribution in [1.29, 1.82) is 0 Å². The maximum atomic E-state index is 12.5. The summed E-state index contributed by atoms with van der Waals surface area (Å²) in [7, 11) is 0. The fraction of sp³-hybridized carbons (Fsp3) is 0.250. The summed E-state index contributed by atoms with van der Waals surface area (Å²) in [6, 6.07) is 3.69. The molecule has 26 heavy (non-hydrogen) atoms. The van der Waals surface area contributed by atoms with Crippen molar-refractivity contribution in [3.8, 4) is 9.88 Å². The van der Waals surface area contributed by atoms with E-state index in [0.717, 1.165) is 9.88 Å². The van der Waals surface area contributed by atoms with E-state index in [-0.39, 0.29) is 18.3 Å². The van der Waals surface area contributed by atoms with E-state index < -0.39 is 0 Å². The molecule has 0 radical (unpaired) electrons. The van der Waals surface area contributed by atoms with Crippen molar-refractivity contribution < 1.29 is 14.3 Å². The van der Waals surface area contributed by atoms with Crippen LogP contribution in [0, 0.1) is 6.92 Å². The van der Waals surface area contributed by atoms with E-state index >= 15 is 0 Å². The SMILES string of the molecule is CCOC(=O)Cc1csc(NC(=O)c2sc(-c3ccc(Cl)s3)nc2C)n1. The number of aryl methyl sites for hydroxylation is 1. The van der Waals surface area contributed by atoms with Gasteiger partial charge in [0.15, 0.2) is 5.13 Å². The van der Waals surface area contributed by atoms with E-state index in [1.54, 1.807) is 25.3 Å². The molecule has 0 saturated carbocycles. The molecule has 0 bridgehead atoms. The third-order valence-corrected chi connectivity index (χ3v) is 6.55. The summed E-state index contributed by atoms with van der Waals surface area (Å²) in [5, 5.41) is 5.68. The number of esters is 1. The Kier molecular flexibility index (Phi) is 6.02. The lowest BCUT2D eigenvalue weighted by Crippen LogP contribution is -2.12. The highest BCUT2D eigenvalue weighted by atomic mass is 35.5. The molecule has 1 N–H and O–H groups in total. The predicted octanol–water partition coefficient (Wildman–Crippen LogP) is 4.65. The highest BCUT2D eigenvalue weighted by Gasteiger charge is 2.18. The smallest absolute Gasteiger partial charge is 0.311 e. The second kappa shape index (κ2) is 8.26. The van der Waals surface area contributed by atoms with E-state index in [4.69, 9.17) is 16.3 Å². The van der Waals surface area contributed by atoms with Crippen LogP contribution in [-0.2, 0) is 16.0 Å². The number of hydrogen-bond acceptors (Lipinski definition) is 8. The molecule has 3 aromatic rings. The largest absolute Gasteiger partial charge is 0.466 e. The molecule has 10 heteroatoms. The van der Waals surface area contributed by atoms with E-state index in [1.165, 1.54) is 34.0 Å². The first-order valence-corrected chi connectivity index (χ1v) is 10.5. The molecule has 6 nitrogen and oxygen atoms in total. The zero-order chi connectivity index (χ0) is 18.7. The molecule has 136 valence electrons. The van der Waals surface area contributed by atoms with Gasteiger partial charge in [-0.05, 0) is 26.0 Å². The molecule has 0 aromatic carbocycles. The third kappa shape index (κ3) is 4.47. The number of anilines is 1. The van der Waals surface area contributed by atoms with Crippen LogP contribution in [0.3, 0.4) is 0 Å². The van der Waals surface area contributed by atoms with Gasteiger partial charge in [0.25, 0.3) is 5.91 Å². The van der Waals surface area contributed by atoms with Crippen molar-refractivity contribution >= 4 is 62.6 Å². The van der Waals surface area contributed by atoms with Gasteiger partial charge in [0.05, 0.1) is 33.6 Å². The standard InChI is InChI=1S/C16H14ClN3O3S3/c1-3-23-12(21)6-9-7-24-16(19-9)20-14(22)13-8(2)18-15(26-13)10-4-5-11(17)25-10/h4-5,7H,3,6H2,1-2H3,(H,19,20,22). The number of hydrogen-bond donors (Lipinski definition) is 1. The topological polar surface area (TPSA) is 81.2 Å². The highest BCUT2D eigenvalue weighted by molar-refractivity contribution is 7.24. The summed E-state index contributed by atoms with van der Waals surface area (Å²) >= 11 is 9.95. The number of ether oxygens (including phenoxy) is 1. The van der Waals surface area contributed by atoms with E-state index in [2.05, 4.69) is 15.3 Å². The van der Waals surface area contributed by atoms with Gasteiger partial charge in [-0.25, -0.2) is 9.97 Å². The molecule has 3 heterocycles. The molecule has 0 atom stereocenters. The lowest BCUT2D eigenvalue weighted by molar-refractivity contribution is -0.142. The number of nitrogens with zero attached hydrogens (tertiary/aromatic N) is 2. The maximum Gasteiger partial charge on any atom is 0.311 e. The molecule has 0 saturated heterocycles. The van der Waals surface area contributed by atoms with Gasteiger partial charge in [-0.15, -0.1) is 34.0 Å². The van der Waals surface area contributed by atoms with Crippen LogP contribution in [0.1, 0.15) is 28.0 Å². The Bertz CT molecular complexity index is 948. The van der Waals surface area contributed by atoms with Gasteiger partial charge in [0.1, 0.15) is 9.88 Å². The predicted molar refractivity (Wildman–Crippen MR) is 106 cm³/mol. The zero-order valence-corrected chi connectivity index (χ0v) is 17.1. The van der Waals surface area contributed by atoms with E-state index in [9.17, 15) is 9.59 Å². The number of carbonyl (C=O) groups excluding carboxylic acids is 2. The number of thiazole rings is 2. The molecular formula is C16H14ClN3O3S3. The van der Waals surface area contributed by atoms with Crippen molar-refractivity contribution in [3.05, 3.63) is 38.1 Å². The first kappa shape index (κ1) is 19.0. The van der Waals surface area contributed by atoms with Crippen molar-refractivity contribution in [2.75, 3.05) is 11.9 Å². The second-order valence-corrected chi connectivity index (χ2v) is 8.69. The van der Waals surface area contributed by atoms with Gasteiger partial charge in [0, 0.05) is 5.38 Å². The van der Waals surface area contributed by atoms with Crippen LogP contribution in [0.15, 0.2) is 17.5 Å². The Balaban J connectivity index is 1.70. The van der Waals surface area contributed by atoms with Crippen LogP contribution in [0.4, 0.5) is 5.13 Å². The Hall–Kier alpha value is -1.81. The number of carbonyl (C=O) groups is 2. The van der Waals surface area contributed by atoms with Crippen LogP contribution in [0.2, 0.25) is 4.34 Å². The zero-order valence-electron chi connectivity index (χ0n) is 13.9.